The molecule has 0 aromatic heterocycles. The lowest BCUT2D eigenvalue weighted by Crippen LogP contribution is -2.52. The number of benzene rings is 1. The molecular weight excluding hydrogens is 393 g/mol. The first-order valence-electron chi connectivity index (χ1n) is 9.07. The molecule has 2 aliphatic rings. The van der Waals surface area contributed by atoms with Gasteiger partial charge in [0.15, 0.2) is 0 Å². The Labute approximate surface area is 174 Å². The number of piperidine rings is 1. The van der Waals surface area contributed by atoms with E-state index in [0.717, 1.165) is 56.2 Å². The number of amides is 1. The fourth-order valence-electron chi connectivity index (χ4n) is 3.89. The van der Waals surface area contributed by atoms with Crippen LogP contribution in [0.3, 0.4) is 0 Å². The molecule has 2 saturated heterocycles. The molecule has 2 fully saturated rings. The van der Waals surface area contributed by atoms with Crippen LogP contribution in [0.2, 0.25) is 5.02 Å². The molecule has 0 aliphatic carbocycles. The lowest BCUT2D eigenvalue weighted by molar-refractivity contribution is -0.140. The highest BCUT2D eigenvalue weighted by atomic mass is 35.5. The van der Waals surface area contributed by atoms with Crippen LogP contribution in [0.5, 0.6) is 0 Å². The monoisotopic (exact) mass is 421 g/mol. The first kappa shape index (κ1) is 23.5. The summed E-state index contributed by atoms with van der Waals surface area (Å²) in [6.07, 6.45) is 1.94. The molecule has 2 aliphatic heterocycles. The van der Waals surface area contributed by atoms with Crippen LogP contribution < -0.4 is 5.32 Å². The van der Waals surface area contributed by atoms with E-state index in [1.165, 1.54) is 0 Å². The van der Waals surface area contributed by atoms with Crippen molar-refractivity contribution < 1.29 is 4.79 Å². The lowest BCUT2D eigenvalue weighted by atomic mass is 9.92. The largest absolute Gasteiger partial charge is 0.333 e. The summed E-state index contributed by atoms with van der Waals surface area (Å²) in [5.74, 6) is 0.466. The average molecular weight is 423 g/mol. The van der Waals surface area contributed by atoms with Gasteiger partial charge >= 0.3 is 0 Å². The van der Waals surface area contributed by atoms with Gasteiger partial charge in [-0.05, 0) is 51.4 Å². The number of hydrogen-bond acceptors (Lipinski definition) is 3. The Morgan fingerprint density at radius 1 is 1.15 bits per heavy atom. The third kappa shape index (κ3) is 5.26. The predicted octanol–water partition coefficient (Wildman–Crippen LogP) is 3.78. The van der Waals surface area contributed by atoms with Crippen LogP contribution in [0.1, 0.15) is 38.3 Å². The van der Waals surface area contributed by atoms with Crippen molar-refractivity contribution in [3.63, 3.8) is 0 Å². The van der Waals surface area contributed by atoms with Crippen molar-refractivity contribution in [2.45, 2.75) is 38.8 Å². The lowest BCUT2D eigenvalue weighted by Gasteiger charge is -2.41. The van der Waals surface area contributed by atoms with Gasteiger partial charge in [0.05, 0.1) is 6.04 Å². The molecule has 0 bridgehead atoms. The first-order valence-corrected chi connectivity index (χ1v) is 9.45. The molecule has 7 heteroatoms. The topological polar surface area (TPSA) is 35.6 Å². The second kappa shape index (κ2) is 10.7. The summed E-state index contributed by atoms with van der Waals surface area (Å²) in [5, 5.41) is 4.16. The second-order valence-corrected chi connectivity index (χ2v) is 7.58. The summed E-state index contributed by atoms with van der Waals surface area (Å²) >= 11 is 6.39. The number of likely N-dealkylation sites (tertiary alicyclic amines) is 1. The number of carbonyl (C=O) groups is 1. The van der Waals surface area contributed by atoms with E-state index in [9.17, 15) is 4.79 Å². The summed E-state index contributed by atoms with van der Waals surface area (Å²) in [6, 6.07) is 8.51. The minimum Gasteiger partial charge on any atom is -0.333 e. The van der Waals surface area contributed by atoms with Crippen LogP contribution in [0.4, 0.5) is 0 Å². The van der Waals surface area contributed by atoms with Crippen LogP contribution in [0, 0.1) is 5.92 Å². The summed E-state index contributed by atoms with van der Waals surface area (Å²) in [7, 11) is 0. The highest BCUT2D eigenvalue weighted by molar-refractivity contribution is 6.31. The van der Waals surface area contributed by atoms with E-state index in [2.05, 4.69) is 29.0 Å². The molecule has 4 nitrogen and oxygen atoms in total. The van der Waals surface area contributed by atoms with Gasteiger partial charge in [0.25, 0.3) is 0 Å². The van der Waals surface area contributed by atoms with E-state index in [1.807, 2.05) is 24.3 Å². The van der Waals surface area contributed by atoms with Crippen LogP contribution in [0.15, 0.2) is 24.3 Å². The maximum absolute atomic E-state index is 13.2. The van der Waals surface area contributed by atoms with Crippen molar-refractivity contribution in [2.24, 2.45) is 5.92 Å². The Bertz CT molecular complexity index is 577. The molecule has 1 amide bonds. The van der Waals surface area contributed by atoms with Gasteiger partial charge in [-0.15, -0.1) is 24.8 Å². The summed E-state index contributed by atoms with van der Waals surface area (Å²) < 4.78 is 0. The molecule has 0 spiro atoms. The minimum atomic E-state index is 0. The molecule has 0 saturated carbocycles. The second-order valence-electron chi connectivity index (χ2n) is 7.18. The number of rotatable bonds is 3. The number of piperazine rings is 1. The highest BCUT2D eigenvalue weighted by Gasteiger charge is 2.34. The van der Waals surface area contributed by atoms with E-state index < -0.39 is 0 Å². The number of carbonyl (C=O) groups excluding carboxylic acids is 1. The molecule has 1 aromatic rings. The van der Waals surface area contributed by atoms with Crippen LogP contribution in [-0.4, -0.2) is 54.5 Å². The molecule has 3 rings (SSSR count). The van der Waals surface area contributed by atoms with E-state index >= 15 is 0 Å². The molecule has 2 heterocycles. The Kier molecular flexibility index (Phi) is 9.70. The van der Waals surface area contributed by atoms with Gasteiger partial charge in [-0.25, -0.2) is 0 Å². The van der Waals surface area contributed by atoms with Crippen LogP contribution in [-0.2, 0) is 4.79 Å². The predicted molar refractivity (Wildman–Crippen MR) is 113 cm³/mol. The molecule has 26 heavy (non-hydrogen) atoms. The first-order chi connectivity index (χ1) is 11.6. The fraction of sp³-hybridized carbons (Fsp3) is 0.632. The van der Waals surface area contributed by atoms with E-state index in [-0.39, 0.29) is 36.8 Å². The van der Waals surface area contributed by atoms with Gasteiger partial charge in [-0.1, -0.05) is 29.8 Å². The third-order valence-electron chi connectivity index (χ3n) is 5.40. The Hall–Kier alpha value is -0.520. The SMILES string of the molecule is CC(C)N1CCC(C(=O)N2CCNCC2c2ccccc2Cl)CC1.Cl.Cl. The normalized spacial score (nSPS) is 21.8. The fourth-order valence-corrected chi connectivity index (χ4v) is 4.15. The zero-order valence-corrected chi connectivity index (χ0v) is 17.9. The molecule has 1 N–H and O–H groups in total. The van der Waals surface area contributed by atoms with Crippen molar-refractivity contribution >= 4 is 42.3 Å². The summed E-state index contributed by atoms with van der Waals surface area (Å²) in [4.78, 5) is 17.7. The minimum absolute atomic E-state index is 0. The highest BCUT2D eigenvalue weighted by Crippen LogP contribution is 2.31. The molecule has 1 aromatic carbocycles. The maximum atomic E-state index is 13.2. The Balaban J connectivity index is 0.00000169. The van der Waals surface area contributed by atoms with Crippen molar-refractivity contribution in [3.05, 3.63) is 34.9 Å². The Morgan fingerprint density at radius 3 is 2.42 bits per heavy atom. The zero-order chi connectivity index (χ0) is 17.1. The van der Waals surface area contributed by atoms with Crippen molar-refractivity contribution in [1.29, 1.82) is 0 Å². The van der Waals surface area contributed by atoms with Crippen molar-refractivity contribution in [3.8, 4) is 0 Å². The van der Waals surface area contributed by atoms with E-state index in [4.69, 9.17) is 11.6 Å². The van der Waals surface area contributed by atoms with E-state index in [0.29, 0.717) is 11.9 Å². The molecule has 1 atom stereocenters. The van der Waals surface area contributed by atoms with Gasteiger partial charge in [-0.3, -0.25) is 4.79 Å². The maximum Gasteiger partial charge on any atom is 0.226 e. The van der Waals surface area contributed by atoms with Crippen LogP contribution >= 0.6 is 36.4 Å². The summed E-state index contributed by atoms with van der Waals surface area (Å²) in [6.45, 7) is 8.91. The Morgan fingerprint density at radius 2 is 1.81 bits per heavy atom. The van der Waals surface area contributed by atoms with Crippen molar-refractivity contribution in [1.82, 2.24) is 15.1 Å². The third-order valence-corrected chi connectivity index (χ3v) is 5.74. The number of hydrogen-bond donors (Lipinski definition) is 1. The smallest absolute Gasteiger partial charge is 0.226 e. The molecule has 148 valence electrons. The van der Waals surface area contributed by atoms with Gasteiger partial charge in [-0.2, -0.15) is 0 Å². The molecule has 1 unspecified atom stereocenters. The molecule has 0 radical (unpaired) electrons. The standard InChI is InChI=1S/C19H28ClN3O.2ClH/c1-14(2)22-10-7-15(8-11-22)19(24)23-12-9-21-13-18(23)16-5-3-4-6-17(16)20;;/h3-6,14-15,18,21H,7-13H2,1-2H3;2*1H. The van der Waals surface area contributed by atoms with Crippen molar-refractivity contribution in [2.75, 3.05) is 32.7 Å². The molecular formula is C19H30Cl3N3O. The van der Waals surface area contributed by atoms with E-state index in [1.54, 1.807) is 0 Å². The van der Waals surface area contributed by atoms with Crippen LogP contribution in [0.25, 0.3) is 0 Å². The van der Waals surface area contributed by atoms with Gasteiger partial charge in [0.2, 0.25) is 5.91 Å². The number of nitrogens with zero attached hydrogens (tertiary/aromatic N) is 2. The van der Waals surface area contributed by atoms with Gasteiger partial charge in [0.1, 0.15) is 0 Å². The number of halogens is 3. The quantitative estimate of drug-likeness (QED) is 0.805. The average Bonchev–Trinajstić information content (AvgIpc) is 2.62. The summed E-state index contributed by atoms with van der Waals surface area (Å²) in [5.41, 5.74) is 1.05. The zero-order valence-electron chi connectivity index (χ0n) is 15.5. The van der Waals surface area contributed by atoms with Gasteiger partial charge in [0, 0.05) is 36.6 Å². The number of nitrogens with one attached hydrogen (secondary N) is 1. The van der Waals surface area contributed by atoms with Gasteiger partial charge < -0.3 is 15.1 Å².